The minimum atomic E-state index is 0.0346. The summed E-state index contributed by atoms with van der Waals surface area (Å²) in [4.78, 5) is 0. The molecule has 0 saturated heterocycles. The number of benzene rings is 1. The van der Waals surface area contributed by atoms with Gasteiger partial charge in [-0.2, -0.15) is 5.26 Å². The van der Waals surface area contributed by atoms with E-state index >= 15 is 0 Å². The van der Waals surface area contributed by atoms with Crippen molar-refractivity contribution in [2.24, 2.45) is 0 Å². The third kappa shape index (κ3) is 2.91. The summed E-state index contributed by atoms with van der Waals surface area (Å²) in [7, 11) is 1.45. The zero-order valence-electron chi connectivity index (χ0n) is 8.90. The van der Waals surface area contributed by atoms with E-state index in [-0.39, 0.29) is 5.75 Å². The first-order valence-electron chi connectivity index (χ1n) is 4.76. The molecule has 84 valence electrons. The van der Waals surface area contributed by atoms with Gasteiger partial charge < -0.3 is 9.84 Å². The largest absolute Gasteiger partial charge is 0.504 e. The fourth-order valence-electron chi connectivity index (χ4n) is 1.25. The van der Waals surface area contributed by atoms with E-state index in [9.17, 15) is 5.11 Å². The van der Waals surface area contributed by atoms with Crippen LogP contribution in [0.4, 0.5) is 0 Å². The Morgan fingerprint density at radius 3 is 2.88 bits per heavy atom. The maximum absolute atomic E-state index is 9.79. The third-order valence-electron chi connectivity index (χ3n) is 2.03. The first-order chi connectivity index (χ1) is 7.72. The van der Waals surface area contributed by atoms with Crippen molar-refractivity contribution in [3.05, 3.63) is 29.3 Å². The first kappa shape index (κ1) is 12.4. The van der Waals surface area contributed by atoms with Crippen molar-refractivity contribution in [2.75, 3.05) is 13.0 Å². The van der Waals surface area contributed by atoms with Crippen molar-refractivity contribution in [1.82, 2.24) is 0 Å². The fraction of sp³-hybridized carbons (Fsp3) is 0.250. The summed E-state index contributed by atoms with van der Waals surface area (Å²) >= 11 is 5.53. The number of halogens is 1. The summed E-state index contributed by atoms with van der Waals surface area (Å²) in [5.41, 5.74) is 1.00. The van der Waals surface area contributed by atoms with Crippen LogP contribution >= 0.6 is 11.6 Å². The highest BCUT2D eigenvalue weighted by Crippen LogP contribution is 2.32. The number of allylic oxidation sites excluding steroid dienone is 1. The average Bonchev–Trinajstić information content (AvgIpc) is 2.31. The highest BCUT2D eigenvalue weighted by molar-refractivity contribution is 6.17. The quantitative estimate of drug-likeness (QED) is 0.820. The van der Waals surface area contributed by atoms with E-state index in [0.29, 0.717) is 29.2 Å². The average molecular weight is 238 g/mol. The number of methoxy groups -OCH3 is 1. The third-order valence-corrected chi connectivity index (χ3v) is 2.24. The summed E-state index contributed by atoms with van der Waals surface area (Å²) in [5, 5.41) is 18.6. The summed E-state index contributed by atoms with van der Waals surface area (Å²) in [6.45, 7) is 0. The molecule has 0 amide bonds. The van der Waals surface area contributed by atoms with Crippen LogP contribution in [0.3, 0.4) is 0 Å². The number of hydrogen-bond acceptors (Lipinski definition) is 3. The molecule has 0 bridgehead atoms. The number of rotatable bonds is 4. The van der Waals surface area contributed by atoms with Crippen LogP contribution in [-0.4, -0.2) is 18.1 Å². The summed E-state index contributed by atoms with van der Waals surface area (Å²) in [6, 6.07) is 5.10. The molecule has 16 heavy (non-hydrogen) atoms. The molecule has 0 atom stereocenters. The van der Waals surface area contributed by atoms with Gasteiger partial charge >= 0.3 is 0 Å². The van der Waals surface area contributed by atoms with Crippen LogP contribution < -0.4 is 4.74 Å². The van der Waals surface area contributed by atoms with Gasteiger partial charge in [0, 0.05) is 17.5 Å². The molecule has 0 aromatic heterocycles. The Morgan fingerprint density at radius 2 is 2.31 bits per heavy atom. The molecule has 1 aromatic rings. The van der Waals surface area contributed by atoms with Crippen LogP contribution in [0.1, 0.15) is 17.5 Å². The van der Waals surface area contributed by atoms with Gasteiger partial charge in [-0.15, -0.1) is 11.6 Å². The maximum Gasteiger partial charge on any atom is 0.165 e. The minimum Gasteiger partial charge on any atom is -0.504 e. The smallest absolute Gasteiger partial charge is 0.165 e. The topological polar surface area (TPSA) is 53.2 Å². The molecule has 0 heterocycles. The second-order valence-corrected chi connectivity index (χ2v) is 3.49. The summed E-state index contributed by atoms with van der Waals surface area (Å²) in [5.74, 6) is 0.851. The lowest BCUT2D eigenvalue weighted by Gasteiger charge is -2.06. The Hall–Kier alpha value is -1.66. The zero-order valence-corrected chi connectivity index (χ0v) is 9.66. The number of nitrogens with zero attached hydrogens (tertiary/aromatic N) is 1. The molecule has 3 nitrogen and oxygen atoms in total. The minimum absolute atomic E-state index is 0.0346. The molecule has 0 fully saturated rings. The summed E-state index contributed by atoms with van der Waals surface area (Å²) in [6.07, 6.45) is 4.27. The van der Waals surface area contributed by atoms with Gasteiger partial charge in [0.15, 0.2) is 11.5 Å². The van der Waals surface area contributed by atoms with E-state index in [2.05, 4.69) is 0 Å². The normalized spacial score (nSPS) is 10.3. The maximum atomic E-state index is 9.79. The van der Waals surface area contributed by atoms with Gasteiger partial charge in [0.05, 0.1) is 18.7 Å². The molecule has 0 saturated carbocycles. The van der Waals surface area contributed by atoms with E-state index in [1.807, 2.05) is 12.1 Å². The molecule has 4 heteroatoms. The SMILES string of the molecule is COc1cc(C#N)cc(C=CCCCl)c1O. The van der Waals surface area contributed by atoms with Gasteiger partial charge in [-0.3, -0.25) is 0 Å². The van der Waals surface area contributed by atoms with Crippen LogP contribution in [0.2, 0.25) is 0 Å². The molecule has 0 aliphatic carbocycles. The Bertz CT molecular complexity index is 435. The van der Waals surface area contributed by atoms with Gasteiger partial charge in [-0.1, -0.05) is 12.2 Å². The first-order valence-corrected chi connectivity index (χ1v) is 5.30. The molecule has 0 radical (unpaired) electrons. The van der Waals surface area contributed by atoms with E-state index < -0.39 is 0 Å². The van der Waals surface area contributed by atoms with E-state index in [1.165, 1.54) is 13.2 Å². The molecule has 0 unspecified atom stereocenters. The fourth-order valence-corrected chi connectivity index (χ4v) is 1.38. The van der Waals surface area contributed by atoms with Crippen LogP contribution in [0, 0.1) is 11.3 Å². The van der Waals surface area contributed by atoms with Crippen molar-refractivity contribution in [2.45, 2.75) is 6.42 Å². The molecule has 0 aliphatic rings. The molecular formula is C12H12ClNO2. The van der Waals surface area contributed by atoms with Crippen molar-refractivity contribution in [1.29, 1.82) is 5.26 Å². The summed E-state index contributed by atoms with van der Waals surface area (Å²) < 4.78 is 4.97. The lowest BCUT2D eigenvalue weighted by Crippen LogP contribution is -1.88. The van der Waals surface area contributed by atoms with Crippen LogP contribution in [0.25, 0.3) is 6.08 Å². The van der Waals surface area contributed by atoms with Crippen LogP contribution in [0.15, 0.2) is 18.2 Å². The Kier molecular flexibility index (Phi) is 4.68. The monoisotopic (exact) mass is 237 g/mol. The number of alkyl halides is 1. The number of aromatic hydroxyl groups is 1. The Morgan fingerprint density at radius 1 is 1.56 bits per heavy atom. The zero-order chi connectivity index (χ0) is 12.0. The molecule has 1 N–H and O–H groups in total. The predicted octanol–water partition coefficient (Wildman–Crippen LogP) is 2.91. The second kappa shape index (κ2) is 6.04. The van der Waals surface area contributed by atoms with Gasteiger partial charge in [0.25, 0.3) is 0 Å². The van der Waals surface area contributed by atoms with Crippen LogP contribution in [-0.2, 0) is 0 Å². The standard InChI is InChI=1S/C12H12ClNO2/c1-16-11-7-9(8-14)6-10(12(11)15)4-2-3-5-13/h2,4,6-7,15H,3,5H2,1H3. The van der Waals surface area contributed by atoms with E-state index in [1.54, 1.807) is 12.1 Å². The highest BCUT2D eigenvalue weighted by Gasteiger charge is 2.08. The van der Waals surface area contributed by atoms with E-state index in [4.69, 9.17) is 21.6 Å². The van der Waals surface area contributed by atoms with E-state index in [0.717, 1.165) is 0 Å². The number of phenols is 1. The highest BCUT2D eigenvalue weighted by atomic mass is 35.5. The Labute approximate surface area is 99.5 Å². The lowest BCUT2D eigenvalue weighted by atomic mass is 10.1. The number of hydrogen-bond donors (Lipinski definition) is 1. The van der Waals surface area contributed by atoms with Gasteiger partial charge in [0.2, 0.25) is 0 Å². The number of nitriles is 1. The second-order valence-electron chi connectivity index (χ2n) is 3.11. The van der Waals surface area contributed by atoms with Crippen molar-refractivity contribution in [3.63, 3.8) is 0 Å². The van der Waals surface area contributed by atoms with Gasteiger partial charge in [-0.25, -0.2) is 0 Å². The lowest BCUT2D eigenvalue weighted by molar-refractivity contribution is 0.373. The van der Waals surface area contributed by atoms with Crippen LogP contribution in [0.5, 0.6) is 11.5 Å². The molecular weight excluding hydrogens is 226 g/mol. The van der Waals surface area contributed by atoms with Gasteiger partial charge in [0.1, 0.15) is 0 Å². The number of phenolic OH excluding ortho intramolecular Hbond substituents is 1. The van der Waals surface area contributed by atoms with Gasteiger partial charge in [-0.05, 0) is 12.5 Å². The molecule has 1 rings (SSSR count). The van der Waals surface area contributed by atoms with Crippen molar-refractivity contribution < 1.29 is 9.84 Å². The van der Waals surface area contributed by atoms with Crippen molar-refractivity contribution >= 4 is 17.7 Å². The molecule has 0 spiro atoms. The molecule has 1 aromatic carbocycles. The van der Waals surface area contributed by atoms with Crippen molar-refractivity contribution in [3.8, 4) is 17.6 Å². The predicted molar refractivity (Wildman–Crippen MR) is 63.7 cm³/mol. The molecule has 0 aliphatic heterocycles. The Balaban J connectivity index is 3.12. The number of ether oxygens (including phenoxy) is 1.